The molecule has 1 aromatic heterocycles. The highest BCUT2D eigenvalue weighted by atomic mass is 35.5. The van der Waals surface area contributed by atoms with E-state index in [0.29, 0.717) is 11.1 Å². The second-order valence-electron chi connectivity index (χ2n) is 8.35. The van der Waals surface area contributed by atoms with E-state index in [-0.39, 0.29) is 11.8 Å². The number of halogens is 1. The van der Waals surface area contributed by atoms with Crippen molar-refractivity contribution in [1.29, 1.82) is 0 Å². The molecule has 2 fully saturated rings. The Kier molecular flexibility index (Phi) is 6.47. The number of nitrogens with one attached hydrogen (secondary N) is 2. The van der Waals surface area contributed by atoms with Gasteiger partial charge in [-0.05, 0) is 37.0 Å². The van der Waals surface area contributed by atoms with E-state index in [1.807, 2.05) is 12.1 Å². The summed E-state index contributed by atoms with van der Waals surface area (Å²) in [5, 5.41) is 4.12. The van der Waals surface area contributed by atoms with E-state index in [2.05, 4.69) is 34.3 Å². The zero-order valence-corrected chi connectivity index (χ0v) is 18.2. The maximum atomic E-state index is 6.83. The largest absolute Gasteiger partial charge is 0.497 e. The molecule has 1 saturated carbocycles. The fourth-order valence-corrected chi connectivity index (χ4v) is 5.10. The zero-order valence-electron chi connectivity index (χ0n) is 17.5. The van der Waals surface area contributed by atoms with Gasteiger partial charge in [0.1, 0.15) is 11.6 Å². The monoisotopic (exact) mass is 417 g/mol. The summed E-state index contributed by atoms with van der Waals surface area (Å²) in [4.78, 5) is 7.96. The molecule has 1 aromatic carbocycles. The number of H-pyrrole nitrogens is 1. The van der Waals surface area contributed by atoms with Gasteiger partial charge in [-0.2, -0.15) is 0 Å². The molecular weight excluding hydrogens is 386 g/mol. The minimum Gasteiger partial charge on any atom is -0.497 e. The molecule has 5 nitrogen and oxygen atoms in total. The smallest absolute Gasteiger partial charge is 0.154 e. The first-order valence-corrected chi connectivity index (χ1v) is 11.3. The molecule has 1 aliphatic heterocycles. The quantitative estimate of drug-likeness (QED) is 0.649. The van der Waals surface area contributed by atoms with Crippen LogP contribution in [-0.4, -0.2) is 29.2 Å². The number of imidazole rings is 1. The van der Waals surface area contributed by atoms with E-state index in [4.69, 9.17) is 21.1 Å². The van der Waals surface area contributed by atoms with Crippen molar-refractivity contribution in [1.82, 2.24) is 15.3 Å². The normalized spacial score (nSPS) is 24.0. The van der Waals surface area contributed by atoms with E-state index >= 15 is 0 Å². The fourth-order valence-electron chi connectivity index (χ4n) is 4.85. The van der Waals surface area contributed by atoms with Gasteiger partial charge in [-0.25, -0.2) is 4.98 Å². The number of benzene rings is 1. The molecule has 2 heterocycles. The Hall–Kier alpha value is -1.56. The van der Waals surface area contributed by atoms with Crippen LogP contribution in [0.2, 0.25) is 5.15 Å². The molecular formula is C23H32ClN3O2. The first kappa shape index (κ1) is 20.7. The number of aromatic nitrogens is 2. The van der Waals surface area contributed by atoms with Crippen LogP contribution in [0.1, 0.15) is 81.1 Å². The summed E-state index contributed by atoms with van der Waals surface area (Å²) in [6.07, 6.45) is 8.78. The third-order valence-corrected chi connectivity index (χ3v) is 6.76. The van der Waals surface area contributed by atoms with Crippen LogP contribution in [0.5, 0.6) is 5.75 Å². The summed E-state index contributed by atoms with van der Waals surface area (Å²) in [5.74, 6) is 2.15. The SMILES string of the molecule is CCCCc1nc(Cl)c(C2NCC(c3ccc(OC)cc3)C3(CCCCC3)O2)[nH]1. The molecule has 1 spiro atoms. The summed E-state index contributed by atoms with van der Waals surface area (Å²) in [6.45, 7) is 3.04. The lowest BCUT2D eigenvalue weighted by Crippen LogP contribution is -2.53. The van der Waals surface area contributed by atoms with Gasteiger partial charge < -0.3 is 14.5 Å². The van der Waals surface area contributed by atoms with Crippen molar-refractivity contribution in [3.05, 3.63) is 46.5 Å². The molecule has 4 rings (SSSR count). The van der Waals surface area contributed by atoms with E-state index in [0.717, 1.165) is 55.9 Å². The van der Waals surface area contributed by atoms with Crippen molar-refractivity contribution in [2.24, 2.45) is 0 Å². The van der Waals surface area contributed by atoms with Crippen LogP contribution in [-0.2, 0) is 11.2 Å². The molecule has 158 valence electrons. The van der Waals surface area contributed by atoms with Gasteiger partial charge in [-0.3, -0.25) is 5.32 Å². The van der Waals surface area contributed by atoms with Crippen molar-refractivity contribution >= 4 is 11.6 Å². The number of unbranched alkanes of at least 4 members (excludes halogenated alkanes) is 1. The molecule has 2 unspecified atom stereocenters. The van der Waals surface area contributed by atoms with Crippen LogP contribution in [0.15, 0.2) is 24.3 Å². The minimum absolute atomic E-state index is 0.166. The molecule has 0 amide bonds. The number of aryl methyl sites for hydroxylation is 1. The molecule has 29 heavy (non-hydrogen) atoms. The minimum atomic E-state index is -0.238. The maximum Gasteiger partial charge on any atom is 0.154 e. The second-order valence-corrected chi connectivity index (χ2v) is 8.71. The van der Waals surface area contributed by atoms with Crippen molar-refractivity contribution in [2.45, 2.75) is 76.0 Å². The summed E-state index contributed by atoms with van der Waals surface area (Å²) >= 11 is 6.50. The summed E-state index contributed by atoms with van der Waals surface area (Å²) in [6, 6.07) is 8.45. The molecule has 2 atom stereocenters. The molecule has 2 N–H and O–H groups in total. The highest BCUT2D eigenvalue weighted by molar-refractivity contribution is 6.30. The van der Waals surface area contributed by atoms with E-state index < -0.39 is 0 Å². The predicted octanol–water partition coefficient (Wildman–Crippen LogP) is 5.52. The lowest BCUT2D eigenvalue weighted by molar-refractivity contribution is -0.169. The summed E-state index contributed by atoms with van der Waals surface area (Å²) in [5.41, 5.74) is 2.01. The van der Waals surface area contributed by atoms with E-state index in [9.17, 15) is 0 Å². The third kappa shape index (κ3) is 4.32. The Morgan fingerprint density at radius 3 is 2.66 bits per heavy atom. The van der Waals surface area contributed by atoms with Gasteiger partial charge in [-0.15, -0.1) is 0 Å². The number of aromatic amines is 1. The van der Waals surface area contributed by atoms with Crippen molar-refractivity contribution < 1.29 is 9.47 Å². The molecule has 6 heteroatoms. The Bertz CT molecular complexity index is 799. The topological polar surface area (TPSA) is 59.2 Å². The second kappa shape index (κ2) is 9.07. The highest BCUT2D eigenvalue weighted by Gasteiger charge is 2.47. The first-order valence-electron chi connectivity index (χ1n) is 10.9. The maximum absolute atomic E-state index is 6.83. The number of ether oxygens (including phenoxy) is 2. The van der Waals surface area contributed by atoms with Gasteiger partial charge in [0.15, 0.2) is 11.4 Å². The van der Waals surface area contributed by atoms with Crippen molar-refractivity contribution in [2.75, 3.05) is 13.7 Å². The number of rotatable bonds is 6. The van der Waals surface area contributed by atoms with E-state index in [1.54, 1.807) is 7.11 Å². The van der Waals surface area contributed by atoms with Crippen molar-refractivity contribution in [3.63, 3.8) is 0 Å². The van der Waals surface area contributed by atoms with Gasteiger partial charge in [0.2, 0.25) is 0 Å². The predicted molar refractivity (Wildman–Crippen MR) is 116 cm³/mol. The van der Waals surface area contributed by atoms with Crippen LogP contribution in [0.3, 0.4) is 0 Å². The number of methoxy groups -OCH3 is 1. The summed E-state index contributed by atoms with van der Waals surface area (Å²) in [7, 11) is 1.70. The Morgan fingerprint density at radius 1 is 1.21 bits per heavy atom. The van der Waals surface area contributed by atoms with Crippen LogP contribution < -0.4 is 10.1 Å². The number of hydrogen-bond acceptors (Lipinski definition) is 4. The van der Waals surface area contributed by atoms with Gasteiger partial charge in [0.25, 0.3) is 0 Å². The third-order valence-electron chi connectivity index (χ3n) is 6.48. The standard InChI is InChI=1S/C23H32ClN3O2/c1-3-4-8-19-26-20(21(24)27-19)22-25-15-18(16-9-11-17(28-2)12-10-16)23(29-22)13-6-5-7-14-23/h9-12,18,22,25H,3-8,13-15H2,1-2H3,(H,26,27). The Balaban J connectivity index is 1.58. The molecule has 1 saturated heterocycles. The van der Waals surface area contributed by atoms with Crippen LogP contribution >= 0.6 is 11.6 Å². The molecule has 2 aromatic rings. The average molecular weight is 418 g/mol. The summed E-state index contributed by atoms with van der Waals surface area (Å²) < 4.78 is 12.2. The molecule has 1 aliphatic carbocycles. The zero-order chi connectivity index (χ0) is 20.3. The molecule has 0 bridgehead atoms. The van der Waals surface area contributed by atoms with Crippen molar-refractivity contribution in [3.8, 4) is 5.75 Å². The lowest BCUT2D eigenvalue weighted by Gasteiger charge is -2.49. The number of nitrogens with zero attached hydrogens (tertiary/aromatic N) is 1. The Morgan fingerprint density at radius 2 is 1.97 bits per heavy atom. The molecule has 2 aliphatic rings. The lowest BCUT2D eigenvalue weighted by atomic mass is 9.71. The van der Waals surface area contributed by atoms with Crippen LogP contribution in [0.4, 0.5) is 0 Å². The van der Waals surface area contributed by atoms with E-state index in [1.165, 1.54) is 24.8 Å². The highest BCUT2D eigenvalue weighted by Crippen LogP contribution is 2.48. The first-order chi connectivity index (χ1) is 14.1. The average Bonchev–Trinajstić information content (AvgIpc) is 3.13. The van der Waals surface area contributed by atoms with Gasteiger partial charge in [0.05, 0.1) is 18.4 Å². The van der Waals surface area contributed by atoms with Gasteiger partial charge in [-0.1, -0.05) is 56.3 Å². The van der Waals surface area contributed by atoms with Gasteiger partial charge >= 0.3 is 0 Å². The molecule has 0 radical (unpaired) electrons. The number of hydrogen-bond donors (Lipinski definition) is 2. The van der Waals surface area contributed by atoms with Crippen LogP contribution in [0, 0.1) is 0 Å². The fraction of sp³-hybridized carbons (Fsp3) is 0.609. The Labute approximate surface area is 178 Å². The van der Waals surface area contributed by atoms with Gasteiger partial charge in [0, 0.05) is 18.9 Å². The van der Waals surface area contributed by atoms with Crippen LogP contribution in [0.25, 0.3) is 0 Å².